The molecule has 1 atom stereocenters. The van der Waals surface area contributed by atoms with E-state index in [4.69, 9.17) is 5.26 Å². The molecule has 0 amide bonds. The zero-order chi connectivity index (χ0) is 10.6. The fraction of sp³-hybridized carbons (Fsp3) is 0.909. The van der Waals surface area contributed by atoms with Crippen molar-refractivity contribution in [3.05, 3.63) is 0 Å². The molecule has 1 N–H and O–H groups in total. The van der Waals surface area contributed by atoms with Crippen LogP contribution in [-0.4, -0.2) is 36.6 Å². The largest absolute Gasteiger partial charge is 0.304 e. The Labute approximate surface area is 87.1 Å². The van der Waals surface area contributed by atoms with Crippen LogP contribution in [-0.2, 0) is 0 Å². The molecule has 0 aromatic rings. The van der Waals surface area contributed by atoms with E-state index in [9.17, 15) is 0 Å². The van der Waals surface area contributed by atoms with E-state index in [1.807, 2.05) is 0 Å². The maximum atomic E-state index is 8.92. The third kappa shape index (κ3) is 4.08. The number of hydrogen-bond donors (Lipinski definition) is 1. The van der Waals surface area contributed by atoms with Gasteiger partial charge in [0, 0.05) is 18.6 Å². The van der Waals surface area contributed by atoms with E-state index in [1.165, 1.54) is 12.8 Å². The normalized spacial score (nSPS) is 18.6. The Hall–Kier alpha value is -0.590. The highest BCUT2D eigenvalue weighted by molar-refractivity contribution is 4.95. The molecule has 0 aromatic heterocycles. The lowest BCUT2D eigenvalue weighted by Gasteiger charge is -2.22. The molecular weight excluding hydrogens is 174 g/mol. The monoisotopic (exact) mass is 195 g/mol. The molecule has 1 unspecified atom stereocenters. The first-order valence-corrected chi connectivity index (χ1v) is 5.49. The average Bonchev–Trinajstić information content (AvgIpc) is 2.95. The summed E-state index contributed by atoms with van der Waals surface area (Å²) in [5, 5.41) is 12.3. The second-order valence-electron chi connectivity index (χ2n) is 4.49. The highest BCUT2D eigenvalue weighted by Crippen LogP contribution is 2.19. The van der Waals surface area contributed by atoms with Crippen LogP contribution in [0.3, 0.4) is 0 Å². The first-order chi connectivity index (χ1) is 6.63. The summed E-state index contributed by atoms with van der Waals surface area (Å²) in [7, 11) is 2.11. The Bertz CT molecular complexity index is 203. The van der Waals surface area contributed by atoms with Gasteiger partial charge in [0.25, 0.3) is 0 Å². The van der Waals surface area contributed by atoms with Crippen molar-refractivity contribution in [2.75, 3.05) is 13.6 Å². The maximum absolute atomic E-state index is 8.92. The third-order valence-corrected chi connectivity index (χ3v) is 2.82. The molecule has 0 bridgehead atoms. The van der Waals surface area contributed by atoms with Crippen LogP contribution in [0.15, 0.2) is 0 Å². The molecule has 1 aliphatic carbocycles. The summed E-state index contributed by atoms with van der Waals surface area (Å²) in [5.74, 6) is 0. The lowest BCUT2D eigenvalue weighted by molar-refractivity contribution is 0.263. The number of rotatable bonds is 6. The number of nitrogens with zero attached hydrogens (tertiary/aromatic N) is 2. The van der Waals surface area contributed by atoms with Crippen molar-refractivity contribution >= 4 is 0 Å². The summed E-state index contributed by atoms with van der Waals surface area (Å²) >= 11 is 0. The molecule has 0 aliphatic heterocycles. The van der Waals surface area contributed by atoms with Crippen molar-refractivity contribution in [1.29, 1.82) is 5.26 Å². The van der Waals surface area contributed by atoms with Crippen LogP contribution in [0.1, 0.15) is 33.1 Å². The minimum atomic E-state index is 0.0451. The van der Waals surface area contributed by atoms with Gasteiger partial charge in [0.15, 0.2) is 0 Å². The van der Waals surface area contributed by atoms with E-state index in [0.29, 0.717) is 12.1 Å². The second-order valence-corrected chi connectivity index (χ2v) is 4.49. The summed E-state index contributed by atoms with van der Waals surface area (Å²) in [5.41, 5.74) is 0. The van der Waals surface area contributed by atoms with Gasteiger partial charge in [-0.05, 0) is 40.2 Å². The molecule has 0 radical (unpaired) electrons. The van der Waals surface area contributed by atoms with Crippen LogP contribution < -0.4 is 5.32 Å². The molecule has 1 aliphatic rings. The molecule has 80 valence electrons. The molecule has 0 heterocycles. The Balaban J connectivity index is 2.16. The summed E-state index contributed by atoms with van der Waals surface area (Å²) in [6.07, 6.45) is 3.43. The van der Waals surface area contributed by atoms with Gasteiger partial charge in [0.2, 0.25) is 0 Å². The van der Waals surface area contributed by atoms with E-state index < -0.39 is 0 Å². The first kappa shape index (κ1) is 11.5. The molecule has 14 heavy (non-hydrogen) atoms. The van der Waals surface area contributed by atoms with E-state index in [-0.39, 0.29) is 6.04 Å². The van der Waals surface area contributed by atoms with E-state index >= 15 is 0 Å². The summed E-state index contributed by atoms with van der Waals surface area (Å²) in [4.78, 5) is 2.28. The van der Waals surface area contributed by atoms with Crippen molar-refractivity contribution in [2.45, 2.75) is 51.2 Å². The van der Waals surface area contributed by atoms with Gasteiger partial charge in [0.1, 0.15) is 0 Å². The van der Waals surface area contributed by atoms with Crippen molar-refractivity contribution in [1.82, 2.24) is 10.2 Å². The van der Waals surface area contributed by atoms with Gasteiger partial charge in [-0.2, -0.15) is 5.26 Å². The van der Waals surface area contributed by atoms with Gasteiger partial charge < -0.3 is 4.90 Å². The van der Waals surface area contributed by atoms with Crippen LogP contribution in [0.2, 0.25) is 0 Å². The first-order valence-electron chi connectivity index (χ1n) is 5.49. The van der Waals surface area contributed by atoms with Crippen LogP contribution in [0, 0.1) is 11.3 Å². The minimum Gasteiger partial charge on any atom is -0.304 e. The Kier molecular flexibility index (Phi) is 4.37. The maximum Gasteiger partial charge on any atom is 0.0967 e. The third-order valence-electron chi connectivity index (χ3n) is 2.82. The fourth-order valence-corrected chi connectivity index (χ4v) is 1.31. The van der Waals surface area contributed by atoms with Crippen molar-refractivity contribution in [3.8, 4) is 6.07 Å². The van der Waals surface area contributed by atoms with Crippen molar-refractivity contribution in [3.63, 3.8) is 0 Å². The van der Waals surface area contributed by atoms with Gasteiger partial charge in [0.05, 0.1) is 12.1 Å². The highest BCUT2D eigenvalue weighted by Gasteiger charge is 2.24. The molecule has 0 saturated heterocycles. The summed E-state index contributed by atoms with van der Waals surface area (Å²) in [6.45, 7) is 5.35. The second kappa shape index (κ2) is 5.33. The van der Waals surface area contributed by atoms with Gasteiger partial charge >= 0.3 is 0 Å². The Morgan fingerprint density at radius 2 is 2.14 bits per heavy atom. The lowest BCUT2D eigenvalue weighted by Crippen LogP contribution is -2.35. The van der Waals surface area contributed by atoms with E-state index in [1.54, 1.807) is 0 Å². The molecule has 0 aromatic carbocycles. The fourth-order valence-electron chi connectivity index (χ4n) is 1.31. The predicted molar refractivity (Wildman–Crippen MR) is 57.9 cm³/mol. The molecular formula is C11H21N3. The summed E-state index contributed by atoms with van der Waals surface area (Å²) < 4.78 is 0. The minimum absolute atomic E-state index is 0.0451. The molecule has 3 nitrogen and oxygen atoms in total. The van der Waals surface area contributed by atoms with Gasteiger partial charge in [-0.15, -0.1) is 0 Å². The number of hydrogen-bond acceptors (Lipinski definition) is 3. The quantitative estimate of drug-likeness (QED) is 0.695. The molecule has 1 saturated carbocycles. The number of nitriles is 1. The molecule has 1 rings (SSSR count). The van der Waals surface area contributed by atoms with Gasteiger partial charge in [-0.3, -0.25) is 5.32 Å². The standard InChI is InChI=1S/C11H21N3/c1-9(2)14(3)7-6-11(8-12)13-10-4-5-10/h9-11,13H,4-7H2,1-3H3. The Morgan fingerprint density at radius 1 is 1.50 bits per heavy atom. The van der Waals surface area contributed by atoms with Crippen LogP contribution in [0.5, 0.6) is 0 Å². The highest BCUT2D eigenvalue weighted by atomic mass is 15.1. The predicted octanol–water partition coefficient (Wildman–Crippen LogP) is 1.36. The Morgan fingerprint density at radius 3 is 2.57 bits per heavy atom. The summed E-state index contributed by atoms with van der Waals surface area (Å²) in [6, 6.07) is 3.57. The number of nitrogens with one attached hydrogen (secondary N) is 1. The molecule has 0 spiro atoms. The van der Waals surface area contributed by atoms with Crippen LogP contribution >= 0.6 is 0 Å². The topological polar surface area (TPSA) is 39.1 Å². The molecule has 3 heteroatoms. The van der Waals surface area contributed by atoms with Crippen molar-refractivity contribution < 1.29 is 0 Å². The van der Waals surface area contributed by atoms with Gasteiger partial charge in [-0.1, -0.05) is 0 Å². The van der Waals surface area contributed by atoms with Gasteiger partial charge in [-0.25, -0.2) is 0 Å². The van der Waals surface area contributed by atoms with Crippen LogP contribution in [0.4, 0.5) is 0 Å². The van der Waals surface area contributed by atoms with E-state index in [2.05, 4.69) is 37.2 Å². The SMILES string of the molecule is CC(C)N(C)CCC(C#N)NC1CC1. The average molecular weight is 195 g/mol. The zero-order valence-electron chi connectivity index (χ0n) is 9.45. The van der Waals surface area contributed by atoms with Crippen molar-refractivity contribution in [2.24, 2.45) is 0 Å². The van der Waals surface area contributed by atoms with E-state index in [0.717, 1.165) is 13.0 Å². The zero-order valence-corrected chi connectivity index (χ0v) is 9.45. The smallest absolute Gasteiger partial charge is 0.0967 e. The lowest BCUT2D eigenvalue weighted by atomic mass is 10.2. The molecule has 1 fully saturated rings. The van der Waals surface area contributed by atoms with Crippen LogP contribution in [0.25, 0.3) is 0 Å².